The third-order valence-corrected chi connectivity index (χ3v) is 6.01. The van der Waals surface area contributed by atoms with E-state index in [1.807, 2.05) is 0 Å². The fourth-order valence-corrected chi connectivity index (χ4v) is 3.84. The zero-order valence-corrected chi connectivity index (χ0v) is 23.1. The first-order chi connectivity index (χ1) is 19.7. The van der Waals surface area contributed by atoms with Crippen LogP contribution in [0.25, 0.3) is 0 Å². The lowest BCUT2D eigenvalue weighted by Crippen LogP contribution is -2.60. The lowest BCUT2D eigenvalue weighted by molar-refractivity contribution is -0.134. The number of hydrazine groups is 1. The predicted octanol–water partition coefficient (Wildman–Crippen LogP) is -2.43. The zero-order chi connectivity index (χ0) is 30.0. The van der Waals surface area contributed by atoms with E-state index in [-0.39, 0.29) is 45.8 Å². The molecule has 1 heterocycles. The van der Waals surface area contributed by atoms with Gasteiger partial charge in [-0.05, 0) is 38.3 Å². The highest BCUT2D eigenvalue weighted by atomic mass is 16.5. The average Bonchev–Trinajstić information content (AvgIpc) is 2.94. The summed E-state index contributed by atoms with van der Waals surface area (Å²) < 4.78 is 10.7. The third kappa shape index (κ3) is 12.9. The highest BCUT2D eigenvalue weighted by Gasteiger charge is 2.29. The Hall–Kier alpha value is -3.79. The molecule has 9 N–H and O–H groups in total. The topological polar surface area (TPSA) is 222 Å². The van der Waals surface area contributed by atoms with Crippen molar-refractivity contribution in [3.8, 4) is 0 Å². The van der Waals surface area contributed by atoms with Gasteiger partial charge in [-0.25, -0.2) is 4.79 Å². The molecule has 4 atom stereocenters. The Morgan fingerprint density at radius 2 is 1.56 bits per heavy atom. The van der Waals surface area contributed by atoms with Crippen LogP contribution in [0, 0.1) is 0 Å². The number of hydrogen-bond donors (Lipinski definition) is 8. The highest BCUT2D eigenvalue weighted by Crippen LogP contribution is 2.05. The van der Waals surface area contributed by atoms with Crippen LogP contribution in [0.3, 0.4) is 0 Å². The Bertz CT molecular complexity index is 995. The van der Waals surface area contributed by atoms with Gasteiger partial charge in [0, 0.05) is 13.0 Å². The molecule has 0 bridgehead atoms. The second-order valence-electron chi connectivity index (χ2n) is 9.42. The van der Waals surface area contributed by atoms with Gasteiger partial charge in [-0.15, -0.1) is 0 Å². The van der Waals surface area contributed by atoms with Crippen molar-refractivity contribution in [1.82, 2.24) is 32.1 Å². The molecular formula is C26H41N7O8. The van der Waals surface area contributed by atoms with Crippen molar-refractivity contribution < 1.29 is 38.6 Å². The van der Waals surface area contributed by atoms with Crippen molar-refractivity contribution in [3.05, 3.63) is 35.9 Å². The minimum Gasteiger partial charge on any atom is -0.391 e. The normalized spacial score (nSPS) is 23.4. The van der Waals surface area contributed by atoms with Crippen LogP contribution >= 0.6 is 0 Å². The van der Waals surface area contributed by atoms with Crippen LogP contribution in [0.2, 0.25) is 0 Å². The molecule has 1 fully saturated rings. The van der Waals surface area contributed by atoms with Gasteiger partial charge in [0.2, 0.25) is 11.8 Å². The Balaban J connectivity index is 2.22. The van der Waals surface area contributed by atoms with Crippen LogP contribution < -0.4 is 37.9 Å². The van der Waals surface area contributed by atoms with Gasteiger partial charge in [-0.1, -0.05) is 30.3 Å². The Morgan fingerprint density at radius 3 is 2.24 bits per heavy atom. The molecule has 1 aliphatic rings. The number of benzene rings is 1. The fraction of sp³-hybridized carbons (Fsp3) is 0.577. The van der Waals surface area contributed by atoms with Crippen LogP contribution in [-0.4, -0.2) is 98.5 Å². The molecule has 2 unspecified atom stereocenters. The van der Waals surface area contributed by atoms with Crippen LogP contribution in [0.4, 0.5) is 4.79 Å². The Kier molecular flexibility index (Phi) is 15.1. The lowest BCUT2D eigenvalue weighted by Gasteiger charge is -2.24. The van der Waals surface area contributed by atoms with E-state index in [0.717, 1.165) is 0 Å². The van der Waals surface area contributed by atoms with E-state index in [4.69, 9.17) is 15.2 Å². The number of nitrogens with two attached hydrogens (primary N) is 1. The van der Waals surface area contributed by atoms with Gasteiger partial charge >= 0.3 is 6.03 Å². The maximum atomic E-state index is 13.1. The first kappa shape index (κ1) is 33.4. The molecule has 0 aliphatic carbocycles. The molecular weight excluding hydrogens is 538 g/mol. The number of carbonyl (C=O) groups is 5. The molecule has 15 heteroatoms. The van der Waals surface area contributed by atoms with Gasteiger partial charge in [-0.2, -0.15) is 0 Å². The average molecular weight is 580 g/mol. The van der Waals surface area contributed by atoms with Gasteiger partial charge in [0.25, 0.3) is 11.8 Å². The SMILES string of the molecule is CC(O)C1NC(=O)N[C@@H](Cc2ccccc2)C(=O)NNC(=O)[C@H](CCCCN)NC(=O)COCCOCCNC1=O. The van der Waals surface area contributed by atoms with Gasteiger partial charge in [0.15, 0.2) is 0 Å². The maximum absolute atomic E-state index is 13.1. The Labute approximate surface area is 238 Å². The molecule has 0 radical (unpaired) electrons. The summed E-state index contributed by atoms with van der Waals surface area (Å²) in [6.45, 7) is 1.85. The smallest absolute Gasteiger partial charge is 0.316 e. The maximum Gasteiger partial charge on any atom is 0.316 e. The fourth-order valence-electron chi connectivity index (χ4n) is 3.84. The van der Waals surface area contributed by atoms with Crippen LogP contribution in [0.1, 0.15) is 31.7 Å². The molecule has 2 rings (SSSR count). The summed E-state index contributed by atoms with van der Waals surface area (Å²) in [5, 5.41) is 20.1. The van der Waals surface area contributed by atoms with E-state index >= 15 is 0 Å². The monoisotopic (exact) mass is 579 g/mol. The summed E-state index contributed by atoms with van der Waals surface area (Å²) in [7, 11) is 0. The molecule has 1 aliphatic heterocycles. The van der Waals surface area contributed by atoms with Gasteiger partial charge in [-0.3, -0.25) is 30.0 Å². The van der Waals surface area contributed by atoms with E-state index in [1.54, 1.807) is 30.3 Å². The number of rotatable bonds is 7. The minimum atomic E-state index is -1.32. The minimum absolute atomic E-state index is 0.0485. The molecule has 1 saturated heterocycles. The predicted molar refractivity (Wildman–Crippen MR) is 147 cm³/mol. The van der Waals surface area contributed by atoms with Crippen molar-refractivity contribution in [2.75, 3.05) is 39.5 Å². The third-order valence-electron chi connectivity index (χ3n) is 6.01. The quantitative estimate of drug-likeness (QED) is 0.161. The summed E-state index contributed by atoms with van der Waals surface area (Å²) in [5.74, 6) is -2.62. The highest BCUT2D eigenvalue weighted by molar-refractivity contribution is 5.93. The van der Waals surface area contributed by atoms with Crippen LogP contribution in [0.15, 0.2) is 30.3 Å². The van der Waals surface area contributed by atoms with Gasteiger partial charge in [0.05, 0.1) is 25.9 Å². The summed E-state index contributed by atoms with van der Waals surface area (Å²) in [6, 6.07) is 4.46. The van der Waals surface area contributed by atoms with Crippen molar-refractivity contribution in [1.29, 1.82) is 0 Å². The summed E-state index contributed by atoms with van der Waals surface area (Å²) in [6.07, 6.45) is 0.241. The zero-order valence-electron chi connectivity index (χ0n) is 23.1. The second kappa shape index (κ2) is 18.5. The van der Waals surface area contributed by atoms with E-state index in [2.05, 4.69) is 32.1 Å². The summed E-state index contributed by atoms with van der Waals surface area (Å²) in [4.78, 5) is 63.8. The number of ether oxygens (including phenoxy) is 2. The van der Waals surface area contributed by atoms with Gasteiger partial charge in [0.1, 0.15) is 24.7 Å². The van der Waals surface area contributed by atoms with Crippen molar-refractivity contribution >= 4 is 29.7 Å². The molecule has 0 aromatic heterocycles. The standard InChI is InChI=1S/C26H41N7O8/c1-17(34)22-25(38)28-11-12-40-13-14-41-16-21(35)29-19(9-5-6-10-27)23(36)32-33-24(37)20(30-26(39)31-22)15-18-7-3-2-4-8-18/h2-4,7-8,17,19-20,22,34H,5-6,9-16,27H2,1H3,(H,28,38)(H,29,35)(H,32,36)(H,33,37)(H2,30,31,39)/t17?,19-,20-,22?/m0/s1. The first-order valence-corrected chi connectivity index (χ1v) is 13.5. The summed E-state index contributed by atoms with van der Waals surface area (Å²) >= 11 is 0. The number of hydrogen-bond acceptors (Lipinski definition) is 9. The van der Waals surface area contributed by atoms with Gasteiger partial charge < -0.3 is 41.6 Å². The van der Waals surface area contributed by atoms with Crippen LogP contribution in [-0.2, 0) is 35.1 Å². The van der Waals surface area contributed by atoms with Crippen molar-refractivity contribution in [3.63, 3.8) is 0 Å². The summed E-state index contributed by atoms with van der Waals surface area (Å²) in [5.41, 5.74) is 10.9. The largest absolute Gasteiger partial charge is 0.391 e. The van der Waals surface area contributed by atoms with E-state index in [0.29, 0.717) is 24.9 Å². The van der Waals surface area contributed by atoms with E-state index in [1.165, 1.54) is 6.92 Å². The van der Waals surface area contributed by atoms with E-state index < -0.39 is 53.9 Å². The van der Waals surface area contributed by atoms with Crippen molar-refractivity contribution in [2.24, 2.45) is 5.73 Å². The number of carbonyl (C=O) groups excluding carboxylic acids is 5. The second-order valence-corrected chi connectivity index (χ2v) is 9.42. The number of unbranched alkanes of at least 4 members (excludes halogenated alkanes) is 1. The molecule has 6 amide bonds. The molecule has 228 valence electrons. The van der Waals surface area contributed by atoms with Crippen molar-refractivity contribution in [2.45, 2.75) is 56.8 Å². The van der Waals surface area contributed by atoms with Crippen LogP contribution in [0.5, 0.6) is 0 Å². The first-order valence-electron chi connectivity index (χ1n) is 13.5. The number of urea groups is 1. The number of nitrogens with one attached hydrogen (secondary N) is 6. The molecule has 15 nitrogen and oxygen atoms in total. The Morgan fingerprint density at radius 1 is 0.878 bits per heavy atom. The molecule has 1 aromatic carbocycles. The number of aliphatic hydroxyl groups excluding tert-OH is 1. The molecule has 41 heavy (non-hydrogen) atoms. The molecule has 0 saturated carbocycles. The van der Waals surface area contributed by atoms with E-state index in [9.17, 15) is 29.1 Å². The number of amides is 6. The lowest BCUT2D eigenvalue weighted by atomic mass is 10.1. The molecule has 0 spiro atoms. The molecule has 1 aromatic rings. The number of aliphatic hydroxyl groups is 1.